The quantitative estimate of drug-likeness (QED) is 0.0315. The van der Waals surface area contributed by atoms with E-state index in [1.165, 1.54) is 24.2 Å². The smallest absolute Gasteiger partial charge is 0.303 e. The molecule has 5 atom stereocenters. The predicted molar refractivity (Wildman–Crippen MR) is 281 cm³/mol. The van der Waals surface area contributed by atoms with Crippen molar-refractivity contribution in [2.45, 2.75) is 110 Å². The Labute approximate surface area is 455 Å². The van der Waals surface area contributed by atoms with Crippen molar-refractivity contribution < 1.29 is 72.0 Å². The number of aliphatic carboxylic acids is 1. The molecule has 0 fully saturated rings. The van der Waals surface area contributed by atoms with E-state index in [2.05, 4.69) is 31.6 Å². The number of nitrogens with one attached hydrogen (secondary N) is 5. The van der Waals surface area contributed by atoms with E-state index in [4.69, 9.17) is 10.8 Å². The van der Waals surface area contributed by atoms with Gasteiger partial charge in [-0.25, -0.2) is 8.78 Å². The number of pyridine rings is 1. The van der Waals surface area contributed by atoms with Crippen LogP contribution in [0.2, 0.25) is 0 Å². The summed E-state index contributed by atoms with van der Waals surface area (Å²) in [5.74, 6) is -11.4. The number of primary amides is 1. The second kappa shape index (κ2) is 30.6. The average Bonchev–Trinajstić information content (AvgIpc) is 3.87. The van der Waals surface area contributed by atoms with E-state index < -0.39 is 158 Å². The van der Waals surface area contributed by atoms with Gasteiger partial charge in [-0.3, -0.25) is 52.9 Å². The third-order valence-electron chi connectivity index (χ3n) is 12.6. The number of nitrogens with two attached hydrogens (primary N) is 1. The Morgan fingerprint density at radius 3 is 2.09 bits per heavy atom. The minimum atomic E-state index is -1.81. The van der Waals surface area contributed by atoms with Gasteiger partial charge in [0.2, 0.25) is 41.4 Å². The van der Waals surface area contributed by atoms with Crippen molar-refractivity contribution in [3.05, 3.63) is 114 Å². The summed E-state index contributed by atoms with van der Waals surface area (Å²) in [5.41, 5.74) is 6.60. The molecule has 0 aliphatic heterocycles. The number of hydrogen-bond donors (Lipinski definition) is 9. The first kappa shape index (κ1) is 63.3. The average molecular weight is 1100 g/mol. The molecule has 7 amide bonds. The monoisotopic (exact) mass is 1100 g/mol. The summed E-state index contributed by atoms with van der Waals surface area (Å²) < 4.78 is 31.8. The molecule has 2 aromatic heterocycles. The number of carboxylic acid groups (broad SMARTS) is 1. The van der Waals surface area contributed by atoms with E-state index in [0.717, 1.165) is 23.8 Å². The molecular formula is C55H69F2N9O13. The maximum atomic E-state index is 15.4. The number of carbonyl (C=O) groups excluding carboxylic acids is 9. The highest BCUT2D eigenvalue weighted by Gasteiger charge is 2.39. The predicted octanol–water partition coefficient (Wildman–Crippen LogP) is 1.78. The zero-order valence-electron chi connectivity index (χ0n) is 44.5. The zero-order chi connectivity index (χ0) is 58.4. The van der Waals surface area contributed by atoms with E-state index in [-0.39, 0.29) is 49.9 Å². The lowest BCUT2D eigenvalue weighted by Gasteiger charge is -2.41. The van der Waals surface area contributed by atoms with Crippen LogP contribution in [0.1, 0.15) is 95.5 Å². The molecular weight excluding hydrogens is 1030 g/mol. The molecule has 22 nitrogen and oxygen atoms in total. The van der Waals surface area contributed by atoms with Crippen LogP contribution in [0.4, 0.5) is 8.78 Å². The van der Waals surface area contributed by atoms with Gasteiger partial charge in [0.25, 0.3) is 0 Å². The highest BCUT2D eigenvalue weighted by Crippen LogP contribution is 2.41. The minimum Gasteiger partial charge on any atom is -0.481 e. The summed E-state index contributed by atoms with van der Waals surface area (Å²) in [6, 6.07) is 11.4. The Bertz CT molecular complexity index is 2790. The van der Waals surface area contributed by atoms with Gasteiger partial charge in [0.05, 0.1) is 50.4 Å². The highest BCUT2D eigenvalue weighted by molar-refractivity contribution is 5.97. The molecule has 24 heteroatoms. The first-order valence-corrected chi connectivity index (χ1v) is 25.5. The summed E-state index contributed by atoms with van der Waals surface area (Å²) in [6.07, 6.45) is 1.68. The summed E-state index contributed by atoms with van der Waals surface area (Å²) >= 11 is 0. The molecule has 0 aliphatic rings. The number of carboxylic acids is 1. The van der Waals surface area contributed by atoms with Gasteiger partial charge < -0.3 is 57.1 Å². The van der Waals surface area contributed by atoms with Crippen LogP contribution in [0.15, 0.2) is 85.3 Å². The second-order valence-electron chi connectivity index (χ2n) is 20.0. The largest absolute Gasteiger partial charge is 0.481 e. The van der Waals surface area contributed by atoms with Crippen LogP contribution in [-0.4, -0.2) is 140 Å². The normalized spacial score (nSPS) is 13.1. The molecule has 4 rings (SSSR count). The standard InChI is InChI=1S/C55H69F2N9O13/c1-33(62-48(73)23-34-16-20-59-21-17-34)45(70)25-37(31-67)52(77)64-43(27-46(58)71)54(79)63-42(53(78)60-19-8-11-39(69)28-61-47(72)14-15-50(75)76)18-22-66(49(74)32-68)51(55(2,3)4)44-24-36(40-26-38(56)12-13-41(40)57)30-65(44)29-35-9-6-5-7-10-35/h5-7,9-10,12-13,16-17,20-21,24,26,30,33,37,42-43,51,67-68H,8,11,14-15,18-19,22-23,25,27-29,31-32H2,1-4H3,(H2,58,71)(H,60,78)(H,61,72)(H,62,73)(H,63,79)(H,64,77)(H,75,76)/t33-,37+,42-,43-,51-/m0/s1. The van der Waals surface area contributed by atoms with Gasteiger partial charge in [0.15, 0.2) is 11.6 Å². The molecule has 2 aromatic carbocycles. The number of Topliss-reactive ketones (excluding diaryl/α,β-unsaturated/α-hetero) is 2. The van der Waals surface area contributed by atoms with Crippen LogP contribution < -0.4 is 32.3 Å². The first-order chi connectivity index (χ1) is 37.4. The van der Waals surface area contributed by atoms with Gasteiger partial charge in [-0.2, -0.15) is 0 Å². The summed E-state index contributed by atoms with van der Waals surface area (Å²) in [5, 5.41) is 41.8. The number of aliphatic hydroxyl groups is 2. The van der Waals surface area contributed by atoms with E-state index in [1.54, 1.807) is 61.9 Å². The van der Waals surface area contributed by atoms with Gasteiger partial charge >= 0.3 is 5.97 Å². The van der Waals surface area contributed by atoms with Gasteiger partial charge in [0.1, 0.15) is 30.3 Å². The number of nitrogens with zero attached hydrogens (tertiary/aromatic N) is 3. The van der Waals surface area contributed by atoms with Crippen molar-refractivity contribution in [1.29, 1.82) is 0 Å². The Morgan fingerprint density at radius 1 is 0.772 bits per heavy atom. The fraction of sp³-hybridized carbons (Fsp3) is 0.436. The summed E-state index contributed by atoms with van der Waals surface area (Å²) in [4.78, 5) is 135. The van der Waals surface area contributed by atoms with Crippen LogP contribution in [0, 0.1) is 23.0 Å². The molecule has 2 heterocycles. The van der Waals surface area contributed by atoms with Crippen molar-refractivity contribution in [2.75, 3.05) is 32.8 Å². The highest BCUT2D eigenvalue weighted by atomic mass is 19.1. The van der Waals surface area contributed by atoms with Crippen LogP contribution in [0.5, 0.6) is 0 Å². The number of benzene rings is 2. The molecule has 0 saturated heterocycles. The van der Waals surface area contributed by atoms with Crippen LogP contribution in [0.25, 0.3) is 11.1 Å². The van der Waals surface area contributed by atoms with Crippen molar-refractivity contribution in [1.82, 2.24) is 41.0 Å². The number of rotatable bonds is 32. The maximum absolute atomic E-state index is 15.4. The second-order valence-corrected chi connectivity index (χ2v) is 20.0. The molecule has 0 unspecified atom stereocenters. The number of aromatic nitrogens is 2. The van der Waals surface area contributed by atoms with E-state index in [9.17, 15) is 62.5 Å². The Balaban J connectivity index is 1.64. The number of aliphatic hydroxyl groups excluding tert-OH is 2. The van der Waals surface area contributed by atoms with Gasteiger partial charge in [-0.15, -0.1) is 0 Å². The topological polar surface area (TPSA) is 339 Å². The Hall–Kier alpha value is -8.25. The maximum Gasteiger partial charge on any atom is 0.303 e. The molecule has 0 aliphatic carbocycles. The lowest BCUT2D eigenvalue weighted by Crippen LogP contribution is -2.56. The molecule has 79 heavy (non-hydrogen) atoms. The molecule has 10 N–H and O–H groups in total. The lowest BCUT2D eigenvalue weighted by atomic mass is 9.82. The van der Waals surface area contributed by atoms with E-state index >= 15 is 4.39 Å². The number of hydrogen-bond acceptors (Lipinski definition) is 13. The molecule has 0 spiro atoms. The lowest BCUT2D eigenvalue weighted by molar-refractivity contribution is -0.140. The minimum absolute atomic E-state index is 0.0127. The molecule has 0 bridgehead atoms. The van der Waals surface area contributed by atoms with Crippen molar-refractivity contribution >= 4 is 58.9 Å². The number of carbonyl (C=O) groups is 10. The fourth-order valence-electron chi connectivity index (χ4n) is 8.54. The van der Waals surface area contributed by atoms with Crippen LogP contribution in [0.3, 0.4) is 0 Å². The van der Waals surface area contributed by atoms with Crippen molar-refractivity contribution in [3.63, 3.8) is 0 Å². The van der Waals surface area contributed by atoms with Crippen LogP contribution in [-0.2, 0) is 60.9 Å². The van der Waals surface area contributed by atoms with Crippen molar-refractivity contribution in [2.24, 2.45) is 17.1 Å². The molecule has 426 valence electrons. The number of ketones is 2. The SMILES string of the molecule is C[C@H](NC(=O)Cc1ccncc1)C(=O)C[C@H](CO)C(=O)N[C@@H](CC(N)=O)C(=O)N[C@@H](CCN(C(=O)CO)[C@@H](c1cc(-c2cc(F)ccc2F)cn1Cc1ccccc1)C(C)(C)C)C(=O)NCCCC(=O)CNC(=O)CCC(=O)O. The number of amides is 7. The Morgan fingerprint density at radius 2 is 1.46 bits per heavy atom. The zero-order valence-corrected chi connectivity index (χ0v) is 44.5. The van der Waals surface area contributed by atoms with E-state index in [0.29, 0.717) is 11.3 Å². The van der Waals surface area contributed by atoms with Gasteiger partial charge in [-0.05, 0) is 72.7 Å². The fourth-order valence-corrected chi connectivity index (χ4v) is 8.54. The summed E-state index contributed by atoms with van der Waals surface area (Å²) in [6.45, 7) is 3.99. The summed E-state index contributed by atoms with van der Waals surface area (Å²) in [7, 11) is 0. The van der Waals surface area contributed by atoms with Gasteiger partial charge in [0, 0.05) is 74.3 Å². The number of halogens is 2. The van der Waals surface area contributed by atoms with Gasteiger partial charge in [-0.1, -0.05) is 51.1 Å². The molecule has 0 radical (unpaired) electrons. The Kier molecular flexibility index (Phi) is 24.5. The molecule has 4 aromatic rings. The van der Waals surface area contributed by atoms with E-state index in [1.807, 2.05) is 18.2 Å². The first-order valence-electron chi connectivity index (χ1n) is 25.5. The third kappa shape index (κ3) is 20.6. The third-order valence-corrected chi connectivity index (χ3v) is 12.6. The molecule has 0 saturated carbocycles. The van der Waals surface area contributed by atoms with Crippen LogP contribution >= 0.6 is 0 Å². The van der Waals surface area contributed by atoms with Crippen molar-refractivity contribution in [3.8, 4) is 11.1 Å².